The highest BCUT2D eigenvalue weighted by Crippen LogP contribution is 2.00. The number of hydrogen-bond acceptors (Lipinski definition) is 0. The van der Waals surface area contributed by atoms with Gasteiger partial charge < -0.3 is 0 Å². The Morgan fingerprint density at radius 3 is 2.36 bits per heavy atom. The minimum atomic E-state index is 1.24. The molecule has 0 bridgehead atoms. The van der Waals surface area contributed by atoms with Crippen molar-refractivity contribution in [3.05, 3.63) is 52.1 Å². The van der Waals surface area contributed by atoms with Gasteiger partial charge in [0.25, 0.3) is 0 Å². The lowest BCUT2D eigenvalue weighted by Crippen LogP contribution is -1.65. The zero-order valence-electron chi connectivity index (χ0n) is 6.07. The van der Waals surface area contributed by atoms with Gasteiger partial charge in [-0.25, -0.2) is 0 Å². The standard InChI is InChI=1S/C10H9I/c11-9-5-4-8-10-6-2-1-3-7-10/h1-9H/b8-4-,9-5-. The van der Waals surface area contributed by atoms with Gasteiger partial charge in [-0.2, -0.15) is 0 Å². The van der Waals surface area contributed by atoms with Crippen LogP contribution < -0.4 is 0 Å². The summed E-state index contributed by atoms with van der Waals surface area (Å²) in [6, 6.07) is 10.3. The first-order valence-corrected chi connectivity index (χ1v) is 4.66. The van der Waals surface area contributed by atoms with Crippen LogP contribution in [0.3, 0.4) is 0 Å². The lowest BCUT2D eigenvalue weighted by Gasteiger charge is -1.87. The molecule has 1 aromatic rings. The van der Waals surface area contributed by atoms with E-state index in [-0.39, 0.29) is 0 Å². The number of benzene rings is 1. The minimum Gasteiger partial charge on any atom is -0.0622 e. The van der Waals surface area contributed by atoms with E-state index in [9.17, 15) is 0 Å². The molecular weight excluding hydrogens is 247 g/mol. The van der Waals surface area contributed by atoms with E-state index in [1.807, 2.05) is 34.4 Å². The Kier molecular flexibility index (Phi) is 3.98. The number of halogens is 1. The largest absolute Gasteiger partial charge is 0.0622 e. The van der Waals surface area contributed by atoms with E-state index in [1.54, 1.807) is 0 Å². The molecule has 0 heterocycles. The zero-order valence-corrected chi connectivity index (χ0v) is 8.23. The Balaban J connectivity index is 2.64. The molecule has 0 aliphatic heterocycles. The van der Waals surface area contributed by atoms with Crippen LogP contribution in [0.25, 0.3) is 6.08 Å². The molecule has 1 rings (SSSR count). The fraction of sp³-hybridized carbons (Fsp3) is 0. The van der Waals surface area contributed by atoms with Crippen molar-refractivity contribution in [2.45, 2.75) is 0 Å². The average molecular weight is 256 g/mol. The first-order chi connectivity index (χ1) is 5.43. The van der Waals surface area contributed by atoms with Crippen molar-refractivity contribution in [1.29, 1.82) is 0 Å². The summed E-state index contributed by atoms with van der Waals surface area (Å²) >= 11 is 2.20. The Hall–Kier alpha value is -0.570. The van der Waals surface area contributed by atoms with Crippen molar-refractivity contribution in [2.24, 2.45) is 0 Å². The monoisotopic (exact) mass is 256 g/mol. The van der Waals surface area contributed by atoms with Gasteiger partial charge in [0.15, 0.2) is 0 Å². The van der Waals surface area contributed by atoms with E-state index in [2.05, 4.69) is 40.8 Å². The maximum Gasteiger partial charge on any atom is -0.0234 e. The molecule has 0 radical (unpaired) electrons. The third-order valence-corrected chi connectivity index (χ3v) is 1.69. The highest BCUT2D eigenvalue weighted by molar-refractivity contribution is 14.1. The van der Waals surface area contributed by atoms with Crippen LogP contribution in [0.1, 0.15) is 5.56 Å². The quantitative estimate of drug-likeness (QED) is 0.559. The van der Waals surface area contributed by atoms with Crippen LogP contribution >= 0.6 is 22.6 Å². The summed E-state index contributed by atoms with van der Waals surface area (Å²) in [5, 5.41) is 0. The van der Waals surface area contributed by atoms with Crippen LogP contribution in [0, 0.1) is 0 Å². The molecule has 0 unspecified atom stereocenters. The van der Waals surface area contributed by atoms with Crippen molar-refractivity contribution in [3.63, 3.8) is 0 Å². The Labute approximate surface area is 80.8 Å². The molecule has 56 valence electrons. The highest BCUT2D eigenvalue weighted by atomic mass is 127. The first kappa shape index (κ1) is 8.53. The summed E-state index contributed by atoms with van der Waals surface area (Å²) in [6.07, 6.45) is 6.12. The summed E-state index contributed by atoms with van der Waals surface area (Å²) in [5.74, 6) is 0. The molecule has 0 N–H and O–H groups in total. The molecule has 0 saturated heterocycles. The van der Waals surface area contributed by atoms with E-state index in [0.29, 0.717) is 0 Å². The molecule has 11 heavy (non-hydrogen) atoms. The molecular formula is C10H9I. The Morgan fingerprint density at radius 2 is 1.73 bits per heavy atom. The van der Waals surface area contributed by atoms with Crippen molar-refractivity contribution in [1.82, 2.24) is 0 Å². The maximum atomic E-state index is 2.20. The van der Waals surface area contributed by atoms with Crippen LogP contribution in [-0.4, -0.2) is 0 Å². The molecule has 0 amide bonds. The Bertz CT molecular complexity index is 247. The number of allylic oxidation sites excluding steroid dienone is 2. The van der Waals surface area contributed by atoms with Crippen molar-refractivity contribution >= 4 is 28.7 Å². The molecule has 0 nitrogen and oxygen atoms in total. The highest BCUT2D eigenvalue weighted by Gasteiger charge is 1.78. The maximum absolute atomic E-state index is 2.20. The van der Waals surface area contributed by atoms with E-state index in [1.165, 1.54) is 5.56 Å². The van der Waals surface area contributed by atoms with Crippen molar-refractivity contribution in [3.8, 4) is 0 Å². The Morgan fingerprint density at radius 1 is 1.00 bits per heavy atom. The minimum absolute atomic E-state index is 1.24. The van der Waals surface area contributed by atoms with E-state index in [0.717, 1.165) is 0 Å². The summed E-state index contributed by atoms with van der Waals surface area (Å²) in [6.45, 7) is 0. The molecule has 0 spiro atoms. The van der Waals surface area contributed by atoms with Gasteiger partial charge in [0.2, 0.25) is 0 Å². The number of hydrogen-bond donors (Lipinski definition) is 0. The lowest BCUT2D eigenvalue weighted by molar-refractivity contribution is 1.66. The molecule has 0 atom stereocenters. The fourth-order valence-corrected chi connectivity index (χ4v) is 1.01. The van der Waals surface area contributed by atoms with Crippen LogP contribution in [0.2, 0.25) is 0 Å². The van der Waals surface area contributed by atoms with Gasteiger partial charge >= 0.3 is 0 Å². The molecule has 0 aromatic heterocycles. The van der Waals surface area contributed by atoms with Crippen LogP contribution in [0.15, 0.2) is 46.6 Å². The van der Waals surface area contributed by atoms with E-state index < -0.39 is 0 Å². The molecule has 1 aromatic carbocycles. The third kappa shape index (κ3) is 3.37. The molecule has 1 heteroatoms. The van der Waals surface area contributed by atoms with Crippen molar-refractivity contribution < 1.29 is 0 Å². The topological polar surface area (TPSA) is 0 Å². The van der Waals surface area contributed by atoms with Gasteiger partial charge in [-0.05, 0) is 9.65 Å². The predicted octanol–water partition coefficient (Wildman–Crippen LogP) is 3.65. The summed E-state index contributed by atoms with van der Waals surface area (Å²) in [5.41, 5.74) is 1.24. The number of rotatable bonds is 2. The van der Waals surface area contributed by atoms with Crippen LogP contribution in [-0.2, 0) is 0 Å². The second kappa shape index (κ2) is 5.13. The molecule has 0 fully saturated rings. The SMILES string of the molecule is I/C=C\C=C/c1ccccc1. The van der Waals surface area contributed by atoms with Crippen LogP contribution in [0.4, 0.5) is 0 Å². The van der Waals surface area contributed by atoms with E-state index in [4.69, 9.17) is 0 Å². The first-order valence-electron chi connectivity index (χ1n) is 3.42. The fourth-order valence-electron chi connectivity index (χ4n) is 0.773. The molecule has 0 aliphatic carbocycles. The normalized spacial score (nSPS) is 11.4. The van der Waals surface area contributed by atoms with Gasteiger partial charge in [-0.3, -0.25) is 0 Å². The van der Waals surface area contributed by atoms with E-state index >= 15 is 0 Å². The second-order valence-electron chi connectivity index (χ2n) is 2.09. The van der Waals surface area contributed by atoms with Gasteiger partial charge in [0, 0.05) is 0 Å². The summed E-state index contributed by atoms with van der Waals surface area (Å²) in [7, 11) is 0. The van der Waals surface area contributed by atoms with Gasteiger partial charge in [0.1, 0.15) is 0 Å². The summed E-state index contributed by atoms with van der Waals surface area (Å²) in [4.78, 5) is 0. The molecule has 0 aliphatic rings. The zero-order chi connectivity index (χ0) is 7.94. The van der Waals surface area contributed by atoms with Gasteiger partial charge in [0.05, 0.1) is 0 Å². The van der Waals surface area contributed by atoms with Gasteiger partial charge in [-0.1, -0.05) is 71.2 Å². The average Bonchev–Trinajstić information content (AvgIpc) is 2.07. The van der Waals surface area contributed by atoms with Crippen molar-refractivity contribution in [2.75, 3.05) is 0 Å². The summed E-state index contributed by atoms with van der Waals surface area (Å²) < 4.78 is 1.98. The molecule has 0 saturated carbocycles. The smallest absolute Gasteiger partial charge is 0.0234 e. The predicted molar refractivity (Wildman–Crippen MR) is 58.6 cm³/mol. The second-order valence-corrected chi connectivity index (χ2v) is 2.81. The lowest BCUT2D eigenvalue weighted by atomic mass is 10.2. The third-order valence-electron chi connectivity index (χ3n) is 1.27. The van der Waals surface area contributed by atoms with Crippen LogP contribution in [0.5, 0.6) is 0 Å². The van der Waals surface area contributed by atoms with Gasteiger partial charge in [-0.15, -0.1) is 0 Å².